The number of allylic oxidation sites excluding steroid dienone is 1. The van der Waals surface area contributed by atoms with Gasteiger partial charge in [-0.25, -0.2) is 0 Å². The van der Waals surface area contributed by atoms with E-state index < -0.39 is 8.07 Å². The number of rotatable bonds is 6. The van der Waals surface area contributed by atoms with E-state index in [0.717, 1.165) is 6.42 Å². The van der Waals surface area contributed by atoms with Crippen LogP contribution in [0.5, 0.6) is 0 Å². The molecule has 0 saturated heterocycles. The first-order valence-corrected chi connectivity index (χ1v) is 7.86. The van der Waals surface area contributed by atoms with Crippen LogP contribution in [0, 0.1) is 0 Å². The topological polar surface area (TPSA) is 18.5 Å². The zero-order chi connectivity index (χ0) is 10.5. The van der Waals surface area contributed by atoms with E-state index >= 15 is 0 Å². The molecule has 0 rings (SSSR count). The molecule has 0 bridgehead atoms. The summed E-state index contributed by atoms with van der Waals surface area (Å²) >= 11 is 0. The van der Waals surface area contributed by atoms with Crippen LogP contribution in [0.25, 0.3) is 0 Å². The van der Waals surface area contributed by atoms with Gasteiger partial charge in [0.15, 0.2) is 6.29 Å². The second-order valence-electron chi connectivity index (χ2n) is 4.10. The van der Waals surface area contributed by atoms with Crippen LogP contribution in [0.15, 0.2) is 11.8 Å². The molecule has 0 unspecified atom stereocenters. The van der Waals surface area contributed by atoms with Crippen molar-refractivity contribution in [1.82, 2.24) is 0 Å². The Morgan fingerprint density at radius 2 is 1.77 bits per heavy atom. The first-order valence-electron chi connectivity index (χ1n) is 4.65. The maximum atomic E-state index is 5.14. The molecule has 3 heteroatoms. The van der Waals surface area contributed by atoms with Crippen molar-refractivity contribution in [3.05, 3.63) is 11.8 Å². The Balaban J connectivity index is 3.92. The van der Waals surface area contributed by atoms with Gasteiger partial charge >= 0.3 is 0 Å². The van der Waals surface area contributed by atoms with Crippen molar-refractivity contribution in [1.29, 1.82) is 0 Å². The van der Waals surface area contributed by atoms with Gasteiger partial charge in [-0.05, 0) is 19.4 Å². The molecule has 0 heterocycles. The van der Waals surface area contributed by atoms with E-state index in [-0.39, 0.29) is 6.29 Å². The van der Waals surface area contributed by atoms with E-state index in [4.69, 9.17) is 9.47 Å². The lowest BCUT2D eigenvalue weighted by Gasteiger charge is -2.24. The number of hydrogen-bond donors (Lipinski definition) is 0. The van der Waals surface area contributed by atoms with E-state index in [1.54, 1.807) is 14.2 Å². The molecule has 78 valence electrons. The molecule has 2 nitrogen and oxygen atoms in total. The smallest absolute Gasteiger partial charge is 0.156 e. The lowest BCUT2D eigenvalue weighted by atomic mass is 10.5. The standard InChI is InChI=1S/C10H22O2Si/c1-9(2)13(5,6)8-7-10(11-3)12-4/h10H,1,7-8H2,2-6H3. The van der Waals surface area contributed by atoms with Gasteiger partial charge in [0.05, 0.1) is 8.07 Å². The summed E-state index contributed by atoms with van der Waals surface area (Å²) < 4.78 is 10.3. The third kappa shape index (κ3) is 4.60. The molecule has 13 heavy (non-hydrogen) atoms. The Hall–Kier alpha value is -0.123. The quantitative estimate of drug-likeness (QED) is 0.487. The largest absolute Gasteiger partial charge is 0.356 e. The average molecular weight is 202 g/mol. The molecule has 0 radical (unpaired) electrons. The Bertz CT molecular complexity index is 162. The van der Waals surface area contributed by atoms with E-state index in [0.29, 0.717) is 0 Å². The minimum absolute atomic E-state index is 0.0499. The molecule has 0 aromatic carbocycles. The van der Waals surface area contributed by atoms with Gasteiger partial charge in [0, 0.05) is 14.2 Å². The highest BCUT2D eigenvalue weighted by molar-refractivity contribution is 6.84. The van der Waals surface area contributed by atoms with Crippen LogP contribution >= 0.6 is 0 Å². The van der Waals surface area contributed by atoms with Crippen molar-refractivity contribution in [2.45, 2.75) is 38.8 Å². The molecule has 0 aromatic rings. The van der Waals surface area contributed by atoms with Crippen LogP contribution < -0.4 is 0 Å². The number of methoxy groups -OCH3 is 2. The van der Waals surface area contributed by atoms with Gasteiger partial charge in [0.25, 0.3) is 0 Å². The van der Waals surface area contributed by atoms with Crippen molar-refractivity contribution in [2.24, 2.45) is 0 Å². The highest BCUT2D eigenvalue weighted by Gasteiger charge is 2.22. The van der Waals surface area contributed by atoms with Crippen molar-refractivity contribution in [3.63, 3.8) is 0 Å². The molecule has 0 spiro atoms. The first-order chi connectivity index (χ1) is 5.94. The lowest BCUT2D eigenvalue weighted by Crippen LogP contribution is -2.29. The summed E-state index contributed by atoms with van der Waals surface area (Å²) in [5.74, 6) is 0. The minimum atomic E-state index is -1.23. The van der Waals surface area contributed by atoms with Crippen molar-refractivity contribution < 1.29 is 9.47 Å². The molecule has 0 aliphatic rings. The summed E-state index contributed by atoms with van der Waals surface area (Å²) in [6, 6.07) is 1.18. The fraction of sp³-hybridized carbons (Fsp3) is 0.800. The molecule has 0 atom stereocenters. The van der Waals surface area contributed by atoms with Crippen molar-refractivity contribution >= 4 is 8.07 Å². The van der Waals surface area contributed by atoms with Gasteiger partial charge in [-0.2, -0.15) is 0 Å². The SMILES string of the molecule is C=C(C)[Si](C)(C)CCC(OC)OC. The summed E-state index contributed by atoms with van der Waals surface area (Å²) in [5.41, 5.74) is 0. The molecule has 0 amide bonds. The Morgan fingerprint density at radius 1 is 1.31 bits per heavy atom. The summed E-state index contributed by atoms with van der Waals surface area (Å²) in [6.45, 7) is 10.8. The van der Waals surface area contributed by atoms with Gasteiger partial charge in [-0.1, -0.05) is 18.3 Å². The first kappa shape index (κ1) is 12.9. The molecular formula is C10H22O2Si. The van der Waals surface area contributed by atoms with Gasteiger partial charge in [-0.15, -0.1) is 6.58 Å². The van der Waals surface area contributed by atoms with E-state index in [1.807, 2.05) is 0 Å². The Labute approximate surface area is 82.9 Å². The van der Waals surface area contributed by atoms with Gasteiger partial charge in [0.2, 0.25) is 0 Å². The average Bonchev–Trinajstić information content (AvgIpc) is 2.06. The predicted molar refractivity (Wildman–Crippen MR) is 59.5 cm³/mol. The molecule has 0 aromatic heterocycles. The van der Waals surface area contributed by atoms with Crippen molar-refractivity contribution in [3.8, 4) is 0 Å². The number of hydrogen-bond acceptors (Lipinski definition) is 2. The lowest BCUT2D eigenvalue weighted by molar-refractivity contribution is -0.103. The highest BCUT2D eigenvalue weighted by Crippen LogP contribution is 2.21. The molecule has 0 fully saturated rings. The minimum Gasteiger partial charge on any atom is -0.356 e. The summed E-state index contributed by atoms with van der Waals surface area (Å²) in [4.78, 5) is 0. The van der Waals surface area contributed by atoms with Crippen LogP contribution in [0.1, 0.15) is 13.3 Å². The molecule has 0 saturated carbocycles. The normalized spacial score (nSPS) is 12.2. The molecule has 0 aliphatic heterocycles. The summed E-state index contributed by atoms with van der Waals surface area (Å²) in [5, 5.41) is 1.35. The summed E-state index contributed by atoms with van der Waals surface area (Å²) in [6.07, 6.45) is 0.921. The van der Waals surface area contributed by atoms with E-state index in [2.05, 4.69) is 26.6 Å². The molecular weight excluding hydrogens is 180 g/mol. The monoisotopic (exact) mass is 202 g/mol. The third-order valence-electron chi connectivity index (χ3n) is 2.69. The zero-order valence-corrected chi connectivity index (χ0v) is 10.5. The van der Waals surface area contributed by atoms with Crippen LogP contribution in [-0.2, 0) is 9.47 Å². The van der Waals surface area contributed by atoms with E-state index in [1.165, 1.54) is 11.2 Å². The van der Waals surface area contributed by atoms with Gasteiger partial charge < -0.3 is 9.47 Å². The maximum Gasteiger partial charge on any atom is 0.156 e. The zero-order valence-electron chi connectivity index (χ0n) is 9.52. The Morgan fingerprint density at radius 3 is 2.08 bits per heavy atom. The maximum absolute atomic E-state index is 5.14. The predicted octanol–water partition coefficient (Wildman–Crippen LogP) is 2.82. The van der Waals surface area contributed by atoms with Gasteiger partial charge in [-0.3, -0.25) is 0 Å². The van der Waals surface area contributed by atoms with Crippen LogP contribution in [0.3, 0.4) is 0 Å². The third-order valence-corrected chi connectivity index (χ3v) is 6.54. The second-order valence-corrected chi connectivity index (χ2v) is 9.23. The molecule has 0 aliphatic carbocycles. The van der Waals surface area contributed by atoms with Crippen molar-refractivity contribution in [2.75, 3.05) is 14.2 Å². The fourth-order valence-corrected chi connectivity index (χ4v) is 2.41. The van der Waals surface area contributed by atoms with Crippen LogP contribution in [0.4, 0.5) is 0 Å². The van der Waals surface area contributed by atoms with Crippen LogP contribution in [0.2, 0.25) is 19.1 Å². The second kappa shape index (κ2) is 5.57. The van der Waals surface area contributed by atoms with E-state index in [9.17, 15) is 0 Å². The number of ether oxygens (including phenoxy) is 2. The van der Waals surface area contributed by atoms with Crippen LogP contribution in [-0.4, -0.2) is 28.6 Å². The summed E-state index contributed by atoms with van der Waals surface area (Å²) in [7, 11) is 2.14. The Kier molecular flexibility index (Phi) is 5.52. The fourth-order valence-electron chi connectivity index (χ4n) is 1.02. The molecule has 0 N–H and O–H groups in total. The van der Waals surface area contributed by atoms with Gasteiger partial charge in [0.1, 0.15) is 0 Å². The highest BCUT2D eigenvalue weighted by atomic mass is 28.3.